The molecule has 0 fully saturated rings. The van der Waals surface area contributed by atoms with Crippen molar-refractivity contribution in [2.75, 3.05) is 0 Å². The summed E-state index contributed by atoms with van der Waals surface area (Å²) >= 11 is 0. The highest BCUT2D eigenvalue weighted by molar-refractivity contribution is 5.78. The van der Waals surface area contributed by atoms with Crippen LogP contribution in [0.2, 0.25) is 0 Å². The molecule has 1 unspecified atom stereocenters. The number of allylic oxidation sites excluding steroid dienone is 1. The molecule has 0 bridgehead atoms. The van der Waals surface area contributed by atoms with E-state index in [9.17, 15) is 0 Å². The fourth-order valence-electron chi connectivity index (χ4n) is 2.98. The van der Waals surface area contributed by atoms with E-state index in [1.54, 1.807) is 5.57 Å². The number of hydrogen-bond donors (Lipinski definition) is 0. The molecule has 1 aliphatic carbocycles. The van der Waals surface area contributed by atoms with E-state index in [-0.39, 0.29) is 0 Å². The molecule has 0 nitrogen and oxygen atoms in total. The lowest BCUT2D eigenvalue weighted by atomic mass is 9.89. The Hall–Kier alpha value is -1.82. The Kier molecular flexibility index (Phi) is 2.79. The summed E-state index contributed by atoms with van der Waals surface area (Å²) in [5.74, 6) is 0.557. The summed E-state index contributed by atoms with van der Waals surface area (Å²) in [7, 11) is 0. The zero-order chi connectivity index (χ0) is 12.5. The smallest absolute Gasteiger partial charge is 0.00351 e. The summed E-state index contributed by atoms with van der Waals surface area (Å²) in [5, 5.41) is 0. The van der Waals surface area contributed by atoms with Crippen LogP contribution in [-0.2, 0) is 0 Å². The summed E-state index contributed by atoms with van der Waals surface area (Å²) in [5.41, 5.74) is 7.17. The lowest BCUT2D eigenvalue weighted by Gasteiger charge is -2.15. The van der Waals surface area contributed by atoms with E-state index in [0.29, 0.717) is 5.92 Å². The number of rotatable bonds is 2. The van der Waals surface area contributed by atoms with Gasteiger partial charge in [-0.15, -0.1) is 0 Å². The fourth-order valence-corrected chi connectivity index (χ4v) is 2.98. The minimum absolute atomic E-state index is 0.557. The van der Waals surface area contributed by atoms with Crippen LogP contribution in [0.4, 0.5) is 0 Å². The molecule has 0 saturated heterocycles. The Morgan fingerprint density at radius 2 is 1.72 bits per heavy atom. The standard InChI is InChI=1S/C18H18/c1-3-14-12-16-10-7-11-17(18(16)13(14)2)15-8-5-4-6-9-15/h4-13H,3H2,1-2H3. The third-order valence-corrected chi connectivity index (χ3v) is 3.96. The van der Waals surface area contributed by atoms with Crippen LogP contribution in [-0.4, -0.2) is 0 Å². The van der Waals surface area contributed by atoms with Crippen LogP contribution in [0.5, 0.6) is 0 Å². The Labute approximate surface area is 109 Å². The van der Waals surface area contributed by atoms with Gasteiger partial charge in [-0.05, 0) is 28.7 Å². The number of benzene rings is 2. The van der Waals surface area contributed by atoms with Crippen LogP contribution in [0.3, 0.4) is 0 Å². The topological polar surface area (TPSA) is 0 Å². The van der Waals surface area contributed by atoms with E-state index in [4.69, 9.17) is 0 Å². The Morgan fingerprint density at radius 1 is 0.944 bits per heavy atom. The molecule has 0 amide bonds. The lowest BCUT2D eigenvalue weighted by Crippen LogP contribution is -1.96. The van der Waals surface area contributed by atoms with Crippen LogP contribution < -0.4 is 0 Å². The first-order chi connectivity index (χ1) is 8.81. The molecular formula is C18H18. The molecule has 3 rings (SSSR count). The normalized spacial score (nSPS) is 17.4. The highest BCUT2D eigenvalue weighted by Crippen LogP contribution is 2.42. The quantitative estimate of drug-likeness (QED) is 0.664. The molecule has 2 aromatic rings. The maximum absolute atomic E-state index is 2.37. The van der Waals surface area contributed by atoms with Gasteiger partial charge in [-0.2, -0.15) is 0 Å². The van der Waals surface area contributed by atoms with Gasteiger partial charge in [0.15, 0.2) is 0 Å². The number of fused-ring (bicyclic) bond motifs is 1. The monoisotopic (exact) mass is 234 g/mol. The molecule has 0 radical (unpaired) electrons. The third kappa shape index (κ3) is 1.69. The first-order valence-corrected chi connectivity index (χ1v) is 6.70. The van der Waals surface area contributed by atoms with Crippen molar-refractivity contribution in [1.29, 1.82) is 0 Å². The van der Waals surface area contributed by atoms with Crippen molar-refractivity contribution < 1.29 is 0 Å². The number of hydrogen-bond acceptors (Lipinski definition) is 0. The van der Waals surface area contributed by atoms with Crippen molar-refractivity contribution in [3.05, 3.63) is 65.2 Å². The van der Waals surface area contributed by atoms with Gasteiger partial charge in [0.1, 0.15) is 0 Å². The van der Waals surface area contributed by atoms with Crippen LogP contribution >= 0.6 is 0 Å². The predicted octanol–water partition coefficient (Wildman–Crippen LogP) is 5.26. The second-order valence-corrected chi connectivity index (χ2v) is 4.97. The van der Waals surface area contributed by atoms with Gasteiger partial charge >= 0.3 is 0 Å². The summed E-state index contributed by atoms with van der Waals surface area (Å²) < 4.78 is 0. The van der Waals surface area contributed by atoms with E-state index in [1.807, 2.05) is 0 Å². The zero-order valence-electron chi connectivity index (χ0n) is 11.0. The molecule has 0 aromatic heterocycles. The molecule has 1 atom stereocenters. The largest absolute Gasteiger partial charge is 0.0626 e. The first kappa shape index (κ1) is 11.3. The van der Waals surface area contributed by atoms with Crippen molar-refractivity contribution in [2.24, 2.45) is 0 Å². The highest BCUT2D eigenvalue weighted by atomic mass is 14.3. The molecule has 0 aliphatic heterocycles. The lowest BCUT2D eigenvalue weighted by molar-refractivity contribution is 0.866. The van der Waals surface area contributed by atoms with Crippen LogP contribution in [0, 0.1) is 0 Å². The highest BCUT2D eigenvalue weighted by Gasteiger charge is 2.23. The molecular weight excluding hydrogens is 216 g/mol. The molecule has 0 N–H and O–H groups in total. The minimum Gasteiger partial charge on any atom is -0.0626 e. The molecule has 0 saturated carbocycles. The van der Waals surface area contributed by atoms with E-state index < -0.39 is 0 Å². The zero-order valence-corrected chi connectivity index (χ0v) is 11.0. The van der Waals surface area contributed by atoms with Gasteiger partial charge in [0.2, 0.25) is 0 Å². The Bertz CT molecular complexity index is 591. The van der Waals surface area contributed by atoms with E-state index >= 15 is 0 Å². The minimum atomic E-state index is 0.557. The van der Waals surface area contributed by atoms with Crippen molar-refractivity contribution in [2.45, 2.75) is 26.2 Å². The van der Waals surface area contributed by atoms with Gasteiger partial charge in [0.05, 0.1) is 0 Å². The van der Waals surface area contributed by atoms with Crippen molar-refractivity contribution in [3.63, 3.8) is 0 Å². The summed E-state index contributed by atoms with van der Waals surface area (Å²) in [6.07, 6.45) is 3.51. The molecule has 1 aliphatic rings. The Balaban J connectivity index is 2.16. The van der Waals surface area contributed by atoms with Crippen LogP contribution in [0.15, 0.2) is 54.1 Å². The summed E-state index contributed by atoms with van der Waals surface area (Å²) in [4.78, 5) is 0. The molecule has 90 valence electrons. The summed E-state index contributed by atoms with van der Waals surface area (Å²) in [6.45, 7) is 4.57. The van der Waals surface area contributed by atoms with Crippen LogP contribution in [0.25, 0.3) is 17.2 Å². The molecule has 2 aromatic carbocycles. The van der Waals surface area contributed by atoms with E-state index in [1.165, 1.54) is 22.3 Å². The van der Waals surface area contributed by atoms with Gasteiger partial charge in [-0.25, -0.2) is 0 Å². The van der Waals surface area contributed by atoms with E-state index in [2.05, 4.69) is 68.5 Å². The first-order valence-electron chi connectivity index (χ1n) is 6.70. The average Bonchev–Trinajstić information content (AvgIpc) is 2.76. The molecule has 18 heavy (non-hydrogen) atoms. The Morgan fingerprint density at radius 3 is 2.44 bits per heavy atom. The van der Waals surface area contributed by atoms with E-state index in [0.717, 1.165) is 6.42 Å². The van der Waals surface area contributed by atoms with Gasteiger partial charge in [-0.1, -0.05) is 74.0 Å². The molecule has 0 spiro atoms. The van der Waals surface area contributed by atoms with Crippen molar-refractivity contribution in [1.82, 2.24) is 0 Å². The van der Waals surface area contributed by atoms with Gasteiger partial charge in [-0.3, -0.25) is 0 Å². The van der Waals surface area contributed by atoms with Gasteiger partial charge in [0.25, 0.3) is 0 Å². The third-order valence-electron chi connectivity index (χ3n) is 3.96. The second kappa shape index (κ2) is 4.45. The molecule has 0 heteroatoms. The van der Waals surface area contributed by atoms with Gasteiger partial charge < -0.3 is 0 Å². The fraction of sp³-hybridized carbons (Fsp3) is 0.222. The van der Waals surface area contributed by atoms with Crippen molar-refractivity contribution in [3.8, 4) is 11.1 Å². The maximum Gasteiger partial charge on any atom is 0.00351 e. The maximum atomic E-state index is 2.37. The van der Waals surface area contributed by atoms with Crippen molar-refractivity contribution >= 4 is 6.08 Å². The average molecular weight is 234 g/mol. The van der Waals surface area contributed by atoms with Gasteiger partial charge in [0, 0.05) is 5.92 Å². The predicted molar refractivity (Wildman–Crippen MR) is 78.6 cm³/mol. The second-order valence-electron chi connectivity index (χ2n) is 4.97. The summed E-state index contributed by atoms with van der Waals surface area (Å²) in [6, 6.07) is 17.4. The SMILES string of the molecule is CCC1=Cc2cccc(-c3ccccc3)c2C1C. The molecule has 0 heterocycles. The van der Waals surface area contributed by atoms with Crippen LogP contribution in [0.1, 0.15) is 37.3 Å².